The minimum absolute atomic E-state index is 0.00819. The first-order chi connectivity index (χ1) is 5.04. The minimum Gasteiger partial charge on any atom is -0.331 e. The molecule has 0 spiro atoms. The molecule has 3 nitrogen and oxygen atoms in total. The van der Waals surface area contributed by atoms with Crippen LogP contribution in [0.15, 0.2) is 12.5 Å². The van der Waals surface area contributed by atoms with Gasteiger partial charge in [0.05, 0.1) is 6.33 Å². The van der Waals surface area contributed by atoms with E-state index in [1.54, 1.807) is 12.5 Å². The standard InChI is InChI=1S/C8H12N2O/c1-8(2,3)10-4-7(5-11)9-6-10/h4-6H,1-3H3. The summed E-state index contributed by atoms with van der Waals surface area (Å²) in [5.41, 5.74) is 0.494. The number of hydrogen-bond donors (Lipinski definition) is 0. The van der Waals surface area contributed by atoms with Gasteiger partial charge in [0.2, 0.25) is 0 Å². The largest absolute Gasteiger partial charge is 0.331 e. The van der Waals surface area contributed by atoms with Crippen molar-refractivity contribution in [3.63, 3.8) is 0 Å². The Balaban J connectivity index is 2.98. The fraction of sp³-hybridized carbons (Fsp3) is 0.500. The lowest BCUT2D eigenvalue weighted by atomic mass is 10.1. The number of aromatic nitrogens is 2. The Morgan fingerprint density at radius 1 is 1.55 bits per heavy atom. The normalized spacial score (nSPS) is 11.5. The topological polar surface area (TPSA) is 34.9 Å². The summed E-state index contributed by atoms with van der Waals surface area (Å²) >= 11 is 0. The summed E-state index contributed by atoms with van der Waals surface area (Å²) < 4.78 is 1.91. The van der Waals surface area contributed by atoms with E-state index in [9.17, 15) is 4.79 Å². The van der Waals surface area contributed by atoms with E-state index in [2.05, 4.69) is 25.8 Å². The van der Waals surface area contributed by atoms with Gasteiger partial charge in [0, 0.05) is 11.7 Å². The molecule has 0 saturated carbocycles. The fourth-order valence-electron chi connectivity index (χ4n) is 0.766. The van der Waals surface area contributed by atoms with Crippen molar-refractivity contribution in [2.24, 2.45) is 0 Å². The van der Waals surface area contributed by atoms with E-state index in [4.69, 9.17) is 0 Å². The highest BCUT2D eigenvalue weighted by molar-refractivity contribution is 5.70. The third-order valence-corrected chi connectivity index (χ3v) is 1.50. The van der Waals surface area contributed by atoms with Crippen molar-refractivity contribution in [2.45, 2.75) is 26.3 Å². The quantitative estimate of drug-likeness (QED) is 0.571. The molecular formula is C8H12N2O. The Labute approximate surface area is 66.1 Å². The van der Waals surface area contributed by atoms with E-state index < -0.39 is 0 Å². The SMILES string of the molecule is CC(C)(C)n1cnc(C=O)c1. The molecule has 0 unspecified atom stereocenters. The molecule has 0 atom stereocenters. The first-order valence-electron chi connectivity index (χ1n) is 3.53. The van der Waals surface area contributed by atoms with E-state index in [0.29, 0.717) is 5.69 Å². The predicted molar refractivity (Wildman–Crippen MR) is 42.6 cm³/mol. The van der Waals surface area contributed by atoms with Crippen molar-refractivity contribution >= 4 is 6.29 Å². The lowest BCUT2D eigenvalue weighted by Crippen LogP contribution is -2.19. The lowest BCUT2D eigenvalue weighted by molar-refractivity contribution is 0.111. The molecule has 0 aromatic carbocycles. The maximum absolute atomic E-state index is 10.3. The first-order valence-corrected chi connectivity index (χ1v) is 3.53. The molecule has 1 aromatic heterocycles. The average molecular weight is 152 g/mol. The number of rotatable bonds is 1. The van der Waals surface area contributed by atoms with Crippen LogP contribution in [0, 0.1) is 0 Å². The number of carbonyl (C=O) groups is 1. The second-order valence-electron chi connectivity index (χ2n) is 3.49. The molecule has 1 aromatic rings. The highest BCUT2D eigenvalue weighted by Gasteiger charge is 2.12. The van der Waals surface area contributed by atoms with Gasteiger partial charge in [-0.2, -0.15) is 0 Å². The Hall–Kier alpha value is -1.12. The van der Waals surface area contributed by atoms with Gasteiger partial charge in [-0.3, -0.25) is 4.79 Å². The van der Waals surface area contributed by atoms with E-state index in [1.807, 2.05) is 4.57 Å². The third kappa shape index (κ3) is 1.67. The highest BCUT2D eigenvalue weighted by Crippen LogP contribution is 2.12. The van der Waals surface area contributed by atoms with Crippen LogP contribution in [0.2, 0.25) is 0 Å². The van der Waals surface area contributed by atoms with Crippen LogP contribution in [0.1, 0.15) is 31.3 Å². The van der Waals surface area contributed by atoms with E-state index in [1.165, 1.54) is 0 Å². The molecule has 1 rings (SSSR count). The second kappa shape index (κ2) is 2.49. The molecule has 3 heteroatoms. The molecule has 0 N–H and O–H groups in total. The van der Waals surface area contributed by atoms with Gasteiger partial charge >= 0.3 is 0 Å². The summed E-state index contributed by atoms with van der Waals surface area (Å²) in [6.45, 7) is 6.18. The molecule has 0 saturated heterocycles. The summed E-state index contributed by atoms with van der Waals surface area (Å²) in [6, 6.07) is 0. The lowest BCUT2D eigenvalue weighted by Gasteiger charge is -2.19. The van der Waals surface area contributed by atoms with Gasteiger partial charge in [-0.1, -0.05) is 0 Å². The summed E-state index contributed by atoms with van der Waals surface area (Å²) in [6.07, 6.45) is 4.17. The van der Waals surface area contributed by atoms with Crippen LogP contribution < -0.4 is 0 Å². The monoisotopic (exact) mass is 152 g/mol. The second-order valence-corrected chi connectivity index (χ2v) is 3.49. The number of aldehydes is 1. The Kier molecular flexibility index (Phi) is 1.81. The zero-order chi connectivity index (χ0) is 8.48. The molecule has 0 bridgehead atoms. The molecule has 0 aliphatic heterocycles. The summed E-state index contributed by atoms with van der Waals surface area (Å²) in [7, 11) is 0. The highest BCUT2D eigenvalue weighted by atomic mass is 16.1. The number of carbonyl (C=O) groups excluding carboxylic acids is 1. The van der Waals surface area contributed by atoms with Crippen LogP contribution >= 0.6 is 0 Å². The molecule has 60 valence electrons. The molecular weight excluding hydrogens is 140 g/mol. The van der Waals surface area contributed by atoms with Crippen LogP contribution in [0.5, 0.6) is 0 Å². The van der Waals surface area contributed by atoms with Crippen molar-refractivity contribution in [3.8, 4) is 0 Å². The Morgan fingerprint density at radius 2 is 2.18 bits per heavy atom. The maximum atomic E-state index is 10.3. The zero-order valence-corrected chi connectivity index (χ0v) is 7.03. The van der Waals surface area contributed by atoms with E-state index >= 15 is 0 Å². The van der Waals surface area contributed by atoms with Crippen LogP contribution in [0.25, 0.3) is 0 Å². The molecule has 0 radical (unpaired) electrons. The van der Waals surface area contributed by atoms with Gasteiger partial charge < -0.3 is 4.57 Å². The summed E-state index contributed by atoms with van der Waals surface area (Å²) in [5.74, 6) is 0. The first kappa shape index (κ1) is 7.98. The predicted octanol–water partition coefficient (Wildman–Crippen LogP) is 1.45. The van der Waals surface area contributed by atoms with Crippen molar-refractivity contribution in [2.75, 3.05) is 0 Å². The van der Waals surface area contributed by atoms with Crippen LogP contribution in [-0.2, 0) is 5.54 Å². The molecule has 11 heavy (non-hydrogen) atoms. The van der Waals surface area contributed by atoms with Gasteiger partial charge in [-0.25, -0.2) is 4.98 Å². The minimum atomic E-state index is 0.00819. The molecule has 0 fully saturated rings. The van der Waals surface area contributed by atoms with E-state index in [0.717, 1.165) is 6.29 Å². The molecule has 0 aliphatic rings. The zero-order valence-electron chi connectivity index (χ0n) is 7.03. The van der Waals surface area contributed by atoms with Gasteiger partial charge in [-0.05, 0) is 20.8 Å². The molecule has 1 heterocycles. The van der Waals surface area contributed by atoms with Crippen molar-refractivity contribution in [1.29, 1.82) is 0 Å². The van der Waals surface area contributed by atoms with Crippen LogP contribution in [-0.4, -0.2) is 15.8 Å². The smallest absolute Gasteiger partial charge is 0.169 e. The number of imidazole rings is 1. The number of hydrogen-bond acceptors (Lipinski definition) is 2. The molecule has 0 aliphatic carbocycles. The van der Waals surface area contributed by atoms with Gasteiger partial charge in [0.15, 0.2) is 6.29 Å². The summed E-state index contributed by atoms with van der Waals surface area (Å²) in [5, 5.41) is 0. The Bertz CT molecular complexity index is 257. The van der Waals surface area contributed by atoms with Crippen LogP contribution in [0.3, 0.4) is 0 Å². The average Bonchev–Trinajstić information content (AvgIpc) is 2.32. The van der Waals surface area contributed by atoms with Gasteiger partial charge in [0.1, 0.15) is 5.69 Å². The van der Waals surface area contributed by atoms with Gasteiger partial charge in [-0.15, -0.1) is 0 Å². The van der Waals surface area contributed by atoms with E-state index in [-0.39, 0.29) is 5.54 Å². The van der Waals surface area contributed by atoms with Crippen LogP contribution in [0.4, 0.5) is 0 Å². The molecule has 0 amide bonds. The summed E-state index contributed by atoms with van der Waals surface area (Å²) in [4.78, 5) is 14.2. The maximum Gasteiger partial charge on any atom is 0.169 e. The van der Waals surface area contributed by atoms with Crippen molar-refractivity contribution in [3.05, 3.63) is 18.2 Å². The number of nitrogens with zero attached hydrogens (tertiary/aromatic N) is 2. The van der Waals surface area contributed by atoms with Gasteiger partial charge in [0.25, 0.3) is 0 Å². The fourth-order valence-corrected chi connectivity index (χ4v) is 0.766. The van der Waals surface area contributed by atoms with Crippen molar-refractivity contribution < 1.29 is 4.79 Å². The third-order valence-electron chi connectivity index (χ3n) is 1.50. The Morgan fingerprint density at radius 3 is 2.45 bits per heavy atom. The van der Waals surface area contributed by atoms with Crippen molar-refractivity contribution in [1.82, 2.24) is 9.55 Å².